The first-order chi connectivity index (χ1) is 9.61. The van der Waals surface area contributed by atoms with Crippen LogP contribution in [0.3, 0.4) is 0 Å². The van der Waals surface area contributed by atoms with Gasteiger partial charge in [-0.3, -0.25) is 5.41 Å². The first kappa shape index (κ1) is 13.9. The largest absolute Gasteiger partial charge is 0.494 e. The van der Waals surface area contributed by atoms with E-state index in [2.05, 4.69) is 0 Å². The molecule has 104 valence electrons. The van der Waals surface area contributed by atoms with Gasteiger partial charge in [0, 0.05) is 0 Å². The molecule has 0 aliphatic carbocycles. The smallest absolute Gasteiger partial charge is 0.165 e. The topological polar surface area (TPSA) is 68.3 Å². The van der Waals surface area contributed by atoms with Crippen molar-refractivity contribution in [1.82, 2.24) is 0 Å². The molecule has 0 spiro atoms. The summed E-state index contributed by atoms with van der Waals surface area (Å²) < 4.78 is 24.0. The summed E-state index contributed by atoms with van der Waals surface area (Å²) in [6, 6.07) is 11.6. The van der Waals surface area contributed by atoms with Gasteiger partial charge in [-0.05, 0) is 29.8 Å². The van der Waals surface area contributed by atoms with Gasteiger partial charge < -0.3 is 15.2 Å². The van der Waals surface area contributed by atoms with Gasteiger partial charge in [0.15, 0.2) is 11.6 Å². The van der Waals surface area contributed by atoms with Crippen molar-refractivity contribution in [1.29, 1.82) is 5.41 Å². The highest BCUT2D eigenvalue weighted by atomic mass is 19.1. The summed E-state index contributed by atoms with van der Waals surface area (Å²) in [4.78, 5) is 0. The van der Waals surface area contributed by atoms with Gasteiger partial charge >= 0.3 is 0 Å². The van der Waals surface area contributed by atoms with Crippen molar-refractivity contribution in [2.45, 2.75) is 6.61 Å². The highest BCUT2D eigenvalue weighted by Gasteiger charge is 2.07. The van der Waals surface area contributed by atoms with Crippen LogP contribution in [0, 0.1) is 11.2 Å². The molecule has 0 atom stereocenters. The summed E-state index contributed by atoms with van der Waals surface area (Å²) in [5.74, 6) is 0.184. The molecule has 0 aliphatic heterocycles. The summed E-state index contributed by atoms with van der Waals surface area (Å²) >= 11 is 0. The normalized spacial score (nSPS) is 10.1. The summed E-state index contributed by atoms with van der Waals surface area (Å²) in [6.07, 6.45) is 0. The van der Waals surface area contributed by atoms with Crippen molar-refractivity contribution in [2.24, 2.45) is 5.73 Å². The number of para-hydroxylation sites is 1. The maximum absolute atomic E-state index is 13.5. The Bertz CT molecular complexity index is 629. The van der Waals surface area contributed by atoms with Gasteiger partial charge in [-0.15, -0.1) is 0 Å². The number of benzene rings is 2. The van der Waals surface area contributed by atoms with Gasteiger partial charge in [0.1, 0.15) is 18.2 Å². The molecule has 2 aromatic carbocycles. The summed E-state index contributed by atoms with van der Waals surface area (Å²) in [6.45, 7) is 0.186. The molecule has 0 aliphatic rings. The Labute approximate surface area is 116 Å². The SMILES string of the molecule is COc1ccc(COc2ccccc2C(=N)N)cc1F. The maximum Gasteiger partial charge on any atom is 0.165 e. The Morgan fingerprint density at radius 2 is 1.95 bits per heavy atom. The van der Waals surface area contributed by atoms with Gasteiger partial charge in [-0.2, -0.15) is 0 Å². The minimum atomic E-state index is -0.437. The molecule has 3 N–H and O–H groups in total. The van der Waals surface area contributed by atoms with Gasteiger partial charge in [0.2, 0.25) is 0 Å². The molecule has 0 bridgehead atoms. The van der Waals surface area contributed by atoms with Gasteiger partial charge in [0.05, 0.1) is 12.7 Å². The molecule has 0 radical (unpaired) electrons. The lowest BCUT2D eigenvalue weighted by atomic mass is 10.2. The van der Waals surface area contributed by atoms with Crippen molar-refractivity contribution in [3.05, 3.63) is 59.4 Å². The van der Waals surface area contributed by atoms with Crippen molar-refractivity contribution in [3.8, 4) is 11.5 Å². The quantitative estimate of drug-likeness (QED) is 0.650. The maximum atomic E-state index is 13.5. The first-order valence-corrected chi connectivity index (χ1v) is 6.00. The number of rotatable bonds is 5. The van der Waals surface area contributed by atoms with E-state index in [1.165, 1.54) is 13.2 Å². The van der Waals surface area contributed by atoms with Crippen LogP contribution in [-0.4, -0.2) is 12.9 Å². The average Bonchev–Trinajstić information content (AvgIpc) is 2.45. The van der Waals surface area contributed by atoms with Crippen molar-refractivity contribution >= 4 is 5.84 Å². The number of nitrogen functional groups attached to an aromatic ring is 1. The molecule has 0 aromatic heterocycles. The highest BCUT2D eigenvalue weighted by Crippen LogP contribution is 2.21. The molecule has 0 saturated carbocycles. The average molecular weight is 274 g/mol. The fraction of sp³-hybridized carbons (Fsp3) is 0.133. The van der Waals surface area contributed by atoms with E-state index in [0.29, 0.717) is 16.9 Å². The molecule has 5 heteroatoms. The summed E-state index contributed by atoms with van der Waals surface area (Å²) in [5.41, 5.74) is 6.66. The minimum absolute atomic E-state index is 0.0680. The summed E-state index contributed by atoms with van der Waals surface area (Å²) in [5, 5.41) is 7.47. The predicted molar refractivity (Wildman–Crippen MR) is 74.7 cm³/mol. The lowest BCUT2D eigenvalue weighted by Crippen LogP contribution is -2.13. The second-order valence-corrected chi connectivity index (χ2v) is 4.17. The zero-order valence-corrected chi connectivity index (χ0v) is 11.0. The van der Waals surface area contributed by atoms with E-state index >= 15 is 0 Å². The molecule has 0 saturated heterocycles. The molecule has 0 amide bonds. The van der Waals surface area contributed by atoms with Crippen LogP contribution in [0.2, 0.25) is 0 Å². The number of nitrogens with two attached hydrogens (primary N) is 1. The second kappa shape index (κ2) is 6.06. The Balaban J connectivity index is 2.13. The van der Waals surface area contributed by atoms with Crippen LogP contribution in [-0.2, 0) is 6.61 Å². The fourth-order valence-corrected chi connectivity index (χ4v) is 1.78. The van der Waals surface area contributed by atoms with E-state index in [1.807, 2.05) is 0 Å². The molecule has 2 rings (SSSR count). The first-order valence-electron chi connectivity index (χ1n) is 6.00. The standard InChI is InChI=1S/C15H15FN2O2/c1-19-14-7-6-10(8-12(14)16)9-20-13-5-3-2-4-11(13)15(17)18/h2-8H,9H2,1H3,(H3,17,18). The second-order valence-electron chi connectivity index (χ2n) is 4.17. The number of methoxy groups -OCH3 is 1. The summed E-state index contributed by atoms with van der Waals surface area (Å²) in [7, 11) is 1.41. The van der Waals surface area contributed by atoms with Gasteiger partial charge in [-0.1, -0.05) is 18.2 Å². The third-order valence-corrected chi connectivity index (χ3v) is 2.79. The Hall–Kier alpha value is -2.56. The Kier molecular flexibility index (Phi) is 4.20. The third-order valence-electron chi connectivity index (χ3n) is 2.79. The lowest BCUT2D eigenvalue weighted by Gasteiger charge is -2.11. The lowest BCUT2D eigenvalue weighted by molar-refractivity contribution is 0.304. The van der Waals surface area contributed by atoms with Gasteiger partial charge in [-0.25, -0.2) is 4.39 Å². The van der Waals surface area contributed by atoms with E-state index < -0.39 is 5.82 Å². The van der Waals surface area contributed by atoms with E-state index in [9.17, 15) is 4.39 Å². The molecular formula is C15H15FN2O2. The Morgan fingerprint density at radius 1 is 1.20 bits per heavy atom. The number of halogens is 1. The number of hydrogen-bond donors (Lipinski definition) is 2. The van der Waals surface area contributed by atoms with E-state index in [-0.39, 0.29) is 18.2 Å². The van der Waals surface area contributed by atoms with E-state index in [1.54, 1.807) is 36.4 Å². The predicted octanol–water partition coefficient (Wildman–Crippen LogP) is 2.70. The zero-order valence-electron chi connectivity index (χ0n) is 11.0. The molecule has 0 fully saturated rings. The molecule has 0 heterocycles. The molecule has 0 unspecified atom stereocenters. The van der Waals surface area contributed by atoms with Crippen LogP contribution in [0.4, 0.5) is 4.39 Å². The minimum Gasteiger partial charge on any atom is -0.494 e. The third kappa shape index (κ3) is 3.06. The van der Waals surface area contributed by atoms with Crippen molar-refractivity contribution < 1.29 is 13.9 Å². The number of ether oxygens (including phenoxy) is 2. The number of amidine groups is 1. The van der Waals surface area contributed by atoms with E-state index in [4.69, 9.17) is 20.6 Å². The molecule has 4 nitrogen and oxygen atoms in total. The Morgan fingerprint density at radius 3 is 2.60 bits per heavy atom. The van der Waals surface area contributed by atoms with Crippen LogP contribution < -0.4 is 15.2 Å². The van der Waals surface area contributed by atoms with Crippen LogP contribution in [0.15, 0.2) is 42.5 Å². The van der Waals surface area contributed by atoms with Crippen LogP contribution in [0.1, 0.15) is 11.1 Å². The number of hydrogen-bond acceptors (Lipinski definition) is 3. The van der Waals surface area contributed by atoms with Crippen LogP contribution in [0.5, 0.6) is 11.5 Å². The van der Waals surface area contributed by atoms with Crippen LogP contribution in [0.25, 0.3) is 0 Å². The highest BCUT2D eigenvalue weighted by molar-refractivity contribution is 5.97. The van der Waals surface area contributed by atoms with Crippen molar-refractivity contribution in [2.75, 3.05) is 7.11 Å². The van der Waals surface area contributed by atoms with Crippen LogP contribution >= 0.6 is 0 Å². The van der Waals surface area contributed by atoms with Crippen molar-refractivity contribution in [3.63, 3.8) is 0 Å². The number of nitrogens with one attached hydrogen (secondary N) is 1. The van der Waals surface area contributed by atoms with Gasteiger partial charge in [0.25, 0.3) is 0 Å². The van der Waals surface area contributed by atoms with E-state index in [0.717, 1.165) is 0 Å². The molecular weight excluding hydrogens is 259 g/mol. The monoisotopic (exact) mass is 274 g/mol. The molecule has 2 aromatic rings. The zero-order chi connectivity index (χ0) is 14.5. The fourth-order valence-electron chi connectivity index (χ4n) is 1.78. The molecule has 20 heavy (non-hydrogen) atoms.